The van der Waals surface area contributed by atoms with Gasteiger partial charge in [0.05, 0.1) is 4.92 Å². The van der Waals surface area contributed by atoms with Gasteiger partial charge in [0, 0.05) is 30.3 Å². The number of rotatable bonds is 13. The molecule has 15 nitrogen and oxygen atoms in total. The maximum Gasteiger partial charge on any atom is 0.514 e. The van der Waals surface area contributed by atoms with E-state index in [4.69, 9.17) is 14.2 Å². The summed E-state index contributed by atoms with van der Waals surface area (Å²) in [5, 5.41) is 19.0. The Morgan fingerprint density at radius 2 is 1.46 bits per heavy atom. The quantitative estimate of drug-likeness (QED) is 0.0599. The van der Waals surface area contributed by atoms with E-state index in [9.17, 15) is 34.1 Å². The zero-order valence-electron chi connectivity index (χ0n) is 31.6. The van der Waals surface area contributed by atoms with Crippen molar-refractivity contribution >= 4 is 41.3 Å². The number of nitrogens with zero attached hydrogens (tertiary/aromatic N) is 2. The lowest BCUT2D eigenvalue weighted by atomic mass is 9.98. The average molecular weight is 778 g/mol. The first kappa shape index (κ1) is 39.9. The molecule has 2 aliphatic rings. The molecule has 1 aliphatic carbocycles. The number of non-ortho nitro benzene ring substituents is 1. The number of nitro groups is 1. The highest BCUT2D eigenvalue weighted by Gasteiger charge is 2.38. The molecule has 0 aromatic heterocycles. The molecule has 3 N–H and O–H groups in total. The topological polar surface area (TPSA) is 196 Å². The molecular weight excluding hydrogens is 734 g/mol. The minimum Gasteiger partial charge on any atom is -0.449 e. The Bertz CT molecular complexity index is 2090. The summed E-state index contributed by atoms with van der Waals surface area (Å²) in [7, 11) is 0. The molecule has 0 unspecified atom stereocenters. The van der Waals surface area contributed by atoms with E-state index in [2.05, 4.69) is 16.0 Å². The van der Waals surface area contributed by atoms with Crippen LogP contribution >= 0.6 is 0 Å². The normalized spacial score (nSPS) is 15.4. The number of fused-ring (bicyclic) bond motifs is 3. The second-order valence-corrected chi connectivity index (χ2v) is 14.2. The van der Waals surface area contributed by atoms with E-state index < -0.39 is 53.0 Å². The van der Waals surface area contributed by atoms with Crippen LogP contribution < -0.4 is 20.7 Å². The first-order valence-electron chi connectivity index (χ1n) is 18.6. The molecule has 3 atom stereocenters. The van der Waals surface area contributed by atoms with Crippen molar-refractivity contribution in [1.29, 1.82) is 0 Å². The lowest BCUT2D eigenvalue weighted by Gasteiger charge is -2.29. The Kier molecular flexibility index (Phi) is 12.5. The maximum absolute atomic E-state index is 13.6. The van der Waals surface area contributed by atoms with Crippen molar-refractivity contribution in [2.75, 3.05) is 18.5 Å². The summed E-state index contributed by atoms with van der Waals surface area (Å²) in [6, 6.07) is 24.7. The van der Waals surface area contributed by atoms with Crippen molar-refractivity contribution in [3.63, 3.8) is 0 Å². The number of hydrogen-bond donors (Lipinski definition) is 3. The fraction of sp³-hybridized carbons (Fsp3) is 0.310. The number of carbonyl (C=O) groups excluding carboxylic acids is 5. The molecule has 1 aliphatic heterocycles. The number of nitro benzene ring substituents is 1. The van der Waals surface area contributed by atoms with Gasteiger partial charge in [-0.3, -0.25) is 24.5 Å². The van der Waals surface area contributed by atoms with Crippen LogP contribution in [0.5, 0.6) is 5.75 Å². The Morgan fingerprint density at radius 1 is 0.825 bits per heavy atom. The van der Waals surface area contributed by atoms with Crippen LogP contribution in [0.2, 0.25) is 0 Å². The highest BCUT2D eigenvalue weighted by atomic mass is 16.7. The second kappa shape index (κ2) is 17.8. The number of anilines is 1. The van der Waals surface area contributed by atoms with E-state index >= 15 is 0 Å². The van der Waals surface area contributed by atoms with Crippen molar-refractivity contribution in [1.82, 2.24) is 15.5 Å². The van der Waals surface area contributed by atoms with Crippen molar-refractivity contribution in [2.24, 2.45) is 5.92 Å². The number of carbonyl (C=O) groups is 5. The predicted molar refractivity (Wildman–Crippen MR) is 208 cm³/mol. The predicted octanol–water partition coefficient (Wildman–Crippen LogP) is 6.31. The van der Waals surface area contributed by atoms with Gasteiger partial charge in [0.25, 0.3) is 5.69 Å². The van der Waals surface area contributed by atoms with Crippen LogP contribution in [-0.4, -0.2) is 71.1 Å². The number of benzene rings is 4. The Hall–Kier alpha value is -6.77. The van der Waals surface area contributed by atoms with Crippen LogP contribution in [0.25, 0.3) is 11.1 Å². The van der Waals surface area contributed by atoms with Crippen molar-refractivity contribution in [3.05, 3.63) is 124 Å². The van der Waals surface area contributed by atoms with Crippen LogP contribution in [0, 0.1) is 16.0 Å². The number of ether oxygens (including phenoxy) is 3. The zero-order chi connectivity index (χ0) is 40.6. The summed E-state index contributed by atoms with van der Waals surface area (Å²) in [6.45, 7) is 5.40. The van der Waals surface area contributed by atoms with E-state index in [1.54, 1.807) is 45.0 Å². The van der Waals surface area contributed by atoms with E-state index in [-0.39, 0.29) is 36.5 Å². The van der Waals surface area contributed by atoms with Gasteiger partial charge >= 0.3 is 12.2 Å². The molecule has 4 amide bonds. The van der Waals surface area contributed by atoms with Crippen molar-refractivity contribution < 1.29 is 43.1 Å². The van der Waals surface area contributed by atoms with Gasteiger partial charge in [0.15, 0.2) is 0 Å². The monoisotopic (exact) mass is 777 g/mol. The molecular formula is C42H43N5O10. The first-order chi connectivity index (χ1) is 27.4. The third kappa shape index (κ3) is 9.55. The van der Waals surface area contributed by atoms with Crippen molar-refractivity contribution in [3.8, 4) is 16.9 Å². The fourth-order valence-electron chi connectivity index (χ4n) is 7.02. The summed E-state index contributed by atoms with van der Waals surface area (Å²) >= 11 is 0. The summed E-state index contributed by atoms with van der Waals surface area (Å²) in [6.07, 6.45) is -0.768. The number of hydrogen-bond acceptors (Lipinski definition) is 10. The average Bonchev–Trinajstić information content (AvgIpc) is 3.82. The molecule has 1 saturated heterocycles. The SMILES string of the molecule is CC(C)[C@H](NC(=O)[C@@H]1CCCN1C(=O)[C@@H](C)NC(=O)OCC1c2ccccc2-c2ccccc21)C(=O)Nc1ccc(COC(=O)Oc2ccc([N+](=O)[O-])cc2)cc1. The maximum atomic E-state index is 13.6. The molecule has 15 heteroatoms. The molecule has 6 rings (SSSR count). The highest BCUT2D eigenvalue weighted by molar-refractivity contribution is 5.99. The molecule has 296 valence electrons. The summed E-state index contributed by atoms with van der Waals surface area (Å²) in [4.78, 5) is 77.2. The van der Waals surface area contributed by atoms with Gasteiger partial charge in [-0.1, -0.05) is 74.5 Å². The van der Waals surface area contributed by atoms with Crippen LogP contribution in [0.1, 0.15) is 56.2 Å². The standard InChI is InChI=1S/C42H43N5O10/c1-25(2)37(39(49)44-28-16-14-27(15-17-28)23-56-42(52)57-30-20-18-29(19-21-30)47(53)54)45-38(48)36-13-8-22-46(36)40(50)26(3)43-41(51)55-24-35-33-11-6-4-9-31(33)32-10-5-7-12-34(32)35/h4-7,9-12,14-21,25-26,35-37H,8,13,22-24H2,1-3H3,(H,43,51)(H,44,49)(H,45,48)/t26-,36+,37+/m1/s1. The molecule has 0 radical (unpaired) electrons. The van der Waals surface area contributed by atoms with Crippen LogP contribution in [0.3, 0.4) is 0 Å². The van der Waals surface area contributed by atoms with Gasteiger partial charge in [0.1, 0.15) is 37.1 Å². The van der Waals surface area contributed by atoms with Gasteiger partial charge in [-0.25, -0.2) is 9.59 Å². The lowest BCUT2D eigenvalue weighted by Crippen LogP contribution is -2.56. The number of likely N-dealkylation sites (tertiary alicyclic amines) is 1. The Labute approximate surface area is 328 Å². The number of nitrogens with one attached hydrogen (secondary N) is 3. The van der Waals surface area contributed by atoms with Gasteiger partial charge in [-0.05, 0) is 77.8 Å². The number of alkyl carbamates (subject to hydrolysis) is 1. The van der Waals surface area contributed by atoms with Gasteiger partial charge in [0.2, 0.25) is 17.7 Å². The summed E-state index contributed by atoms with van der Waals surface area (Å²) in [5.41, 5.74) is 5.22. The van der Waals surface area contributed by atoms with Crippen LogP contribution in [0.4, 0.5) is 21.0 Å². The minimum atomic E-state index is -0.999. The van der Waals surface area contributed by atoms with Crippen molar-refractivity contribution in [2.45, 2.75) is 64.3 Å². The van der Waals surface area contributed by atoms with Gasteiger partial charge in [-0.15, -0.1) is 0 Å². The minimum absolute atomic E-state index is 0.0837. The zero-order valence-corrected chi connectivity index (χ0v) is 31.6. The Morgan fingerprint density at radius 3 is 2.07 bits per heavy atom. The Balaban J connectivity index is 0.970. The largest absolute Gasteiger partial charge is 0.514 e. The second-order valence-electron chi connectivity index (χ2n) is 14.2. The van der Waals surface area contributed by atoms with E-state index in [0.717, 1.165) is 22.3 Å². The van der Waals surface area contributed by atoms with E-state index in [1.807, 2.05) is 48.5 Å². The van der Waals surface area contributed by atoms with Crippen LogP contribution in [0.15, 0.2) is 97.1 Å². The fourth-order valence-corrected chi connectivity index (χ4v) is 7.02. The van der Waals surface area contributed by atoms with Gasteiger partial charge in [-0.2, -0.15) is 0 Å². The molecule has 4 aromatic carbocycles. The van der Waals surface area contributed by atoms with Gasteiger partial charge < -0.3 is 35.1 Å². The third-order valence-electron chi connectivity index (χ3n) is 9.96. The third-order valence-corrected chi connectivity index (χ3v) is 9.96. The van der Waals surface area contributed by atoms with E-state index in [1.165, 1.54) is 29.2 Å². The van der Waals surface area contributed by atoms with Crippen LogP contribution in [-0.2, 0) is 30.5 Å². The molecule has 1 fully saturated rings. The molecule has 0 saturated carbocycles. The smallest absolute Gasteiger partial charge is 0.449 e. The molecule has 1 heterocycles. The molecule has 4 aromatic rings. The summed E-state index contributed by atoms with van der Waals surface area (Å²) in [5.74, 6) is -1.73. The molecule has 57 heavy (non-hydrogen) atoms. The molecule has 0 spiro atoms. The molecule has 0 bridgehead atoms. The first-order valence-corrected chi connectivity index (χ1v) is 18.6. The lowest BCUT2D eigenvalue weighted by molar-refractivity contribution is -0.384. The highest BCUT2D eigenvalue weighted by Crippen LogP contribution is 2.44. The summed E-state index contributed by atoms with van der Waals surface area (Å²) < 4.78 is 15.8. The van der Waals surface area contributed by atoms with E-state index in [0.29, 0.717) is 30.6 Å². The number of amides is 4.